The number of halogens is 1. The summed E-state index contributed by atoms with van der Waals surface area (Å²) < 4.78 is 10.5. The van der Waals surface area contributed by atoms with E-state index in [9.17, 15) is 9.59 Å². The molecule has 2 amide bonds. The lowest BCUT2D eigenvalue weighted by Crippen LogP contribution is -2.38. The van der Waals surface area contributed by atoms with Crippen LogP contribution in [0.15, 0.2) is 29.4 Å². The summed E-state index contributed by atoms with van der Waals surface area (Å²) in [4.78, 5) is 25.5. The molecule has 1 saturated heterocycles. The van der Waals surface area contributed by atoms with E-state index in [0.717, 1.165) is 17.9 Å². The maximum Gasteiger partial charge on any atom is 0.254 e. The van der Waals surface area contributed by atoms with Crippen molar-refractivity contribution >= 4 is 29.6 Å². The Bertz CT molecular complexity index is 803. The van der Waals surface area contributed by atoms with Crippen molar-refractivity contribution in [3.8, 4) is 11.5 Å². The Morgan fingerprint density at radius 3 is 2.12 bits per heavy atom. The molecule has 0 aromatic heterocycles. The van der Waals surface area contributed by atoms with Crippen molar-refractivity contribution in [3.63, 3.8) is 0 Å². The number of nitrogens with zero attached hydrogens (tertiary/aromatic N) is 2. The normalized spacial score (nSPS) is 29.6. The summed E-state index contributed by atoms with van der Waals surface area (Å²) in [7, 11) is 3.03. The highest BCUT2D eigenvalue weighted by molar-refractivity contribution is 6.32. The molecule has 7 heteroatoms. The zero-order chi connectivity index (χ0) is 18.4. The van der Waals surface area contributed by atoms with E-state index in [1.165, 1.54) is 20.4 Å². The summed E-state index contributed by atoms with van der Waals surface area (Å²) >= 11 is 6.16. The zero-order valence-electron chi connectivity index (χ0n) is 14.5. The average molecular weight is 375 g/mol. The second kappa shape index (κ2) is 6.43. The van der Waals surface area contributed by atoms with Crippen molar-refractivity contribution in [1.82, 2.24) is 5.01 Å². The van der Waals surface area contributed by atoms with Gasteiger partial charge in [-0.3, -0.25) is 9.59 Å². The van der Waals surface area contributed by atoms with Crippen LogP contribution in [0.5, 0.6) is 11.5 Å². The van der Waals surface area contributed by atoms with Gasteiger partial charge in [-0.25, -0.2) is 0 Å². The lowest BCUT2D eigenvalue weighted by Gasteiger charge is -2.37. The number of hydrazone groups is 1. The molecule has 1 heterocycles. The summed E-state index contributed by atoms with van der Waals surface area (Å²) in [5, 5.41) is 5.60. The minimum absolute atomic E-state index is 0.145. The van der Waals surface area contributed by atoms with Crippen molar-refractivity contribution in [2.24, 2.45) is 28.8 Å². The van der Waals surface area contributed by atoms with Gasteiger partial charge in [0.1, 0.15) is 11.5 Å². The van der Waals surface area contributed by atoms with E-state index in [0.29, 0.717) is 22.1 Å². The second-order valence-corrected chi connectivity index (χ2v) is 7.21. The largest absolute Gasteiger partial charge is 0.496 e. The summed E-state index contributed by atoms with van der Waals surface area (Å²) in [5.74, 6) is 0.284. The molecule has 5 rings (SSSR count). The third kappa shape index (κ3) is 2.51. The van der Waals surface area contributed by atoms with Gasteiger partial charge in [-0.05, 0) is 30.7 Å². The molecule has 1 saturated carbocycles. The molecule has 6 nitrogen and oxygen atoms in total. The van der Waals surface area contributed by atoms with Crippen LogP contribution in [-0.4, -0.2) is 37.3 Å². The van der Waals surface area contributed by atoms with Crippen LogP contribution in [0.2, 0.25) is 5.02 Å². The lowest BCUT2D eigenvalue weighted by atomic mass is 9.63. The molecule has 0 unspecified atom stereocenters. The minimum Gasteiger partial charge on any atom is -0.496 e. The number of benzene rings is 1. The van der Waals surface area contributed by atoms with Crippen molar-refractivity contribution in [2.75, 3.05) is 14.2 Å². The fraction of sp³-hybridized carbons (Fsp3) is 0.421. The van der Waals surface area contributed by atoms with Gasteiger partial charge in [0.25, 0.3) is 11.8 Å². The highest BCUT2D eigenvalue weighted by Gasteiger charge is 2.56. The Labute approximate surface area is 156 Å². The van der Waals surface area contributed by atoms with Gasteiger partial charge < -0.3 is 9.47 Å². The number of hydrogen-bond donors (Lipinski definition) is 0. The highest BCUT2D eigenvalue weighted by Crippen LogP contribution is 2.49. The molecule has 4 atom stereocenters. The van der Waals surface area contributed by atoms with Gasteiger partial charge in [-0.2, -0.15) is 10.1 Å². The van der Waals surface area contributed by atoms with Crippen LogP contribution in [0.25, 0.3) is 0 Å². The molecule has 2 fully saturated rings. The van der Waals surface area contributed by atoms with Crippen LogP contribution in [0.1, 0.15) is 18.4 Å². The van der Waals surface area contributed by atoms with Crippen LogP contribution in [0, 0.1) is 23.7 Å². The Balaban J connectivity index is 1.63. The molecule has 136 valence electrons. The molecule has 1 aromatic rings. The Morgan fingerprint density at radius 1 is 1.04 bits per heavy atom. The first kappa shape index (κ1) is 17.1. The Morgan fingerprint density at radius 2 is 1.62 bits per heavy atom. The maximum atomic E-state index is 12.8. The molecule has 26 heavy (non-hydrogen) atoms. The molecule has 4 aliphatic rings. The van der Waals surface area contributed by atoms with E-state index in [4.69, 9.17) is 21.1 Å². The number of imide groups is 1. The van der Waals surface area contributed by atoms with E-state index in [2.05, 4.69) is 17.3 Å². The monoisotopic (exact) mass is 374 g/mol. The van der Waals surface area contributed by atoms with Gasteiger partial charge in [0, 0.05) is 11.6 Å². The van der Waals surface area contributed by atoms with Gasteiger partial charge >= 0.3 is 0 Å². The fourth-order valence-electron chi connectivity index (χ4n) is 4.28. The average Bonchev–Trinajstić information content (AvgIpc) is 2.94. The van der Waals surface area contributed by atoms with Crippen LogP contribution < -0.4 is 9.47 Å². The van der Waals surface area contributed by atoms with Crippen LogP contribution >= 0.6 is 11.6 Å². The zero-order valence-corrected chi connectivity index (χ0v) is 15.3. The van der Waals surface area contributed by atoms with E-state index in [-0.39, 0.29) is 35.5 Å². The van der Waals surface area contributed by atoms with Crippen molar-refractivity contribution in [3.05, 3.63) is 34.9 Å². The molecular weight excluding hydrogens is 356 g/mol. The highest BCUT2D eigenvalue weighted by atomic mass is 35.5. The van der Waals surface area contributed by atoms with E-state index in [1.807, 2.05) is 0 Å². The molecule has 0 N–H and O–H groups in total. The molecule has 2 bridgehead atoms. The first-order valence-electron chi connectivity index (χ1n) is 8.56. The van der Waals surface area contributed by atoms with E-state index in [1.54, 1.807) is 12.1 Å². The van der Waals surface area contributed by atoms with Crippen LogP contribution in [0.4, 0.5) is 0 Å². The molecular formula is C19H19ClN2O4. The Hall–Kier alpha value is -2.34. The number of carbonyl (C=O) groups is 2. The number of allylic oxidation sites excluding steroid dienone is 2. The molecule has 1 aliphatic heterocycles. The summed E-state index contributed by atoms with van der Waals surface area (Å²) in [6.07, 6.45) is 7.52. The lowest BCUT2D eigenvalue weighted by molar-refractivity contribution is -0.140. The maximum absolute atomic E-state index is 12.8. The molecule has 0 spiro atoms. The summed E-state index contributed by atoms with van der Waals surface area (Å²) in [6.45, 7) is 0. The third-order valence-corrected chi connectivity index (χ3v) is 5.85. The standard InChI is InChI=1S/C19H19ClN2O4/c1-25-14-8-15(26-2)13(20)7-12(14)9-21-22-18(23)16-10-3-4-11(6-5-10)17(16)19(22)24/h3-4,7-11,16-17H,5-6H2,1-2H3/b21-9-/t10-,11-,16-,17-/m0/s1. The van der Waals surface area contributed by atoms with Crippen molar-refractivity contribution in [1.29, 1.82) is 0 Å². The summed E-state index contributed by atoms with van der Waals surface area (Å²) in [5.41, 5.74) is 0.565. The third-order valence-electron chi connectivity index (χ3n) is 5.55. The minimum atomic E-state index is -0.273. The number of hydrogen-bond acceptors (Lipinski definition) is 5. The predicted octanol–water partition coefficient (Wildman–Crippen LogP) is 2.89. The van der Waals surface area contributed by atoms with Crippen molar-refractivity contribution < 1.29 is 19.1 Å². The topological polar surface area (TPSA) is 68.2 Å². The first-order chi connectivity index (χ1) is 12.5. The van der Waals surface area contributed by atoms with Crippen LogP contribution in [-0.2, 0) is 9.59 Å². The van der Waals surface area contributed by atoms with E-state index < -0.39 is 0 Å². The number of methoxy groups -OCH3 is 2. The van der Waals surface area contributed by atoms with Crippen LogP contribution in [0.3, 0.4) is 0 Å². The molecule has 3 aliphatic carbocycles. The predicted molar refractivity (Wildman–Crippen MR) is 96.3 cm³/mol. The number of fused-ring (bicyclic) bond motifs is 1. The smallest absolute Gasteiger partial charge is 0.254 e. The quantitative estimate of drug-likeness (QED) is 0.461. The van der Waals surface area contributed by atoms with Gasteiger partial charge in [0.05, 0.1) is 37.3 Å². The van der Waals surface area contributed by atoms with Gasteiger partial charge in [-0.1, -0.05) is 23.8 Å². The van der Waals surface area contributed by atoms with E-state index >= 15 is 0 Å². The molecule has 0 radical (unpaired) electrons. The molecule has 1 aromatic carbocycles. The fourth-order valence-corrected chi connectivity index (χ4v) is 4.53. The SMILES string of the molecule is COc1cc(OC)c(/C=N\N2C(=O)[C@@H]3[C@@H](C2=O)[C@H]2C=C[C@H]3CC2)cc1Cl. The number of ether oxygens (including phenoxy) is 2. The second-order valence-electron chi connectivity index (χ2n) is 6.80. The number of rotatable bonds is 4. The summed E-state index contributed by atoms with van der Waals surface area (Å²) in [6, 6.07) is 3.27. The van der Waals surface area contributed by atoms with Gasteiger partial charge in [0.2, 0.25) is 0 Å². The number of carbonyl (C=O) groups excluding carboxylic acids is 2. The first-order valence-corrected chi connectivity index (χ1v) is 8.94. The number of amides is 2. The van der Waals surface area contributed by atoms with Gasteiger partial charge in [0.15, 0.2) is 0 Å². The van der Waals surface area contributed by atoms with Crippen molar-refractivity contribution in [2.45, 2.75) is 12.8 Å². The van der Waals surface area contributed by atoms with Gasteiger partial charge in [-0.15, -0.1) is 0 Å². The Kier molecular flexibility index (Phi) is 4.23.